The predicted molar refractivity (Wildman–Crippen MR) is 97.5 cm³/mol. The van der Waals surface area contributed by atoms with E-state index in [1.807, 2.05) is 43.3 Å². The van der Waals surface area contributed by atoms with Crippen LogP contribution < -0.4 is 10.2 Å². The first kappa shape index (κ1) is 17.7. The van der Waals surface area contributed by atoms with Crippen molar-refractivity contribution >= 4 is 12.1 Å². The molecule has 0 aliphatic rings. The number of hydrogen-bond donors (Lipinski definition) is 1. The molecule has 0 saturated carbocycles. The van der Waals surface area contributed by atoms with Gasteiger partial charge in [-0.3, -0.25) is 4.79 Å². The zero-order valence-corrected chi connectivity index (χ0v) is 14.6. The molecule has 2 aromatic rings. The maximum Gasteiger partial charge on any atom is 0.280 e. The maximum atomic E-state index is 12.0. The molecule has 0 spiro atoms. The highest BCUT2D eigenvalue weighted by Crippen LogP contribution is 2.15. The average Bonchev–Trinajstić information content (AvgIpc) is 2.55. The van der Waals surface area contributed by atoms with Crippen LogP contribution in [0, 0.1) is 6.92 Å². The van der Waals surface area contributed by atoms with Crippen LogP contribution in [-0.2, 0) is 4.79 Å². The first-order chi connectivity index (χ1) is 11.5. The number of aryl methyl sites for hydroxylation is 1. The average molecular weight is 324 g/mol. The Balaban J connectivity index is 1.87. The standard InChI is InChI=1S/C20H24N2O2/c1-14(2)18-10-8-17(9-11-18)13-21-22-20(23)16(4)24-19-7-5-6-15(3)12-19/h5-14,16H,1-4H3,(H,22,23)/b21-13+/t16-/m0/s1. The Labute approximate surface area is 143 Å². The summed E-state index contributed by atoms with van der Waals surface area (Å²) in [5.41, 5.74) is 5.81. The zero-order valence-electron chi connectivity index (χ0n) is 14.6. The highest BCUT2D eigenvalue weighted by Gasteiger charge is 2.13. The molecule has 0 unspecified atom stereocenters. The minimum Gasteiger partial charge on any atom is -0.481 e. The minimum atomic E-state index is -0.618. The van der Waals surface area contributed by atoms with Crippen LogP contribution in [0.3, 0.4) is 0 Å². The molecule has 0 radical (unpaired) electrons. The summed E-state index contributed by atoms with van der Waals surface area (Å²) in [4.78, 5) is 12.0. The van der Waals surface area contributed by atoms with Gasteiger partial charge in [-0.1, -0.05) is 50.2 Å². The molecule has 0 aliphatic carbocycles. The molecular formula is C20H24N2O2. The first-order valence-corrected chi connectivity index (χ1v) is 8.12. The molecule has 4 heteroatoms. The number of carbonyl (C=O) groups is 1. The number of hydrogen-bond acceptors (Lipinski definition) is 3. The lowest BCUT2D eigenvalue weighted by Crippen LogP contribution is -2.33. The number of carbonyl (C=O) groups excluding carboxylic acids is 1. The number of benzene rings is 2. The van der Waals surface area contributed by atoms with Crippen LogP contribution in [0.4, 0.5) is 0 Å². The van der Waals surface area contributed by atoms with E-state index in [9.17, 15) is 4.79 Å². The van der Waals surface area contributed by atoms with E-state index in [1.165, 1.54) is 5.56 Å². The number of nitrogens with one attached hydrogen (secondary N) is 1. The van der Waals surface area contributed by atoms with Crippen LogP contribution in [0.5, 0.6) is 5.75 Å². The van der Waals surface area contributed by atoms with Crippen LogP contribution in [0.15, 0.2) is 53.6 Å². The Morgan fingerprint density at radius 3 is 2.46 bits per heavy atom. The van der Waals surface area contributed by atoms with Crippen molar-refractivity contribution in [2.75, 3.05) is 0 Å². The Kier molecular flexibility index (Phi) is 6.13. The maximum absolute atomic E-state index is 12.0. The molecule has 0 bridgehead atoms. The lowest BCUT2D eigenvalue weighted by Gasteiger charge is -2.13. The van der Waals surface area contributed by atoms with Gasteiger partial charge in [-0.2, -0.15) is 5.10 Å². The second kappa shape index (κ2) is 8.29. The van der Waals surface area contributed by atoms with Crippen molar-refractivity contribution in [1.29, 1.82) is 0 Å². The van der Waals surface area contributed by atoms with Gasteiger partial charge in [-0.25, -0.2) is 5.43 Å². The largest absolute Gasteiger partial charge is 0.481 e. The SMILES string of the molecule is Cc1cccc(O[C@@H](C)C(=O)N/N=C/c2ccc(C(C)C)cc2)c1. The van der Waals surface area contributed by atoms with Gasteiger partial charge in [-0.05, 0) is 48.6 Å². The molecule has 2 aromatic carbocycles. The van der Waals surface area contributed by atoms with Gasteiger partial charge in [0.05, 0.1) is 6.21 Å². The van der Waals surface area contributed by atoms with Crippen molar-refractivity contribution in [3.05, 3.63) is 65.2 Å². The van der Waals surface area contributed by atoms with Crippen molar-refractivity contribution in [3.63, 3.8) is 0 Å². The van der Waals surface area contributed by atoms with E-state index < -0.39 is 6.10 Å². The van der Waals surface area contributed by atoms with Crippen LogP contribution in [-0.4, -0.2) is 18.2 Å². The van der Waals surface area contributed by atoms with E-state index in [2.05, 4.69) is 36.5 Å². The Hall–Kier alpha value is -2.62. The second-order valence-electron chi connectivity index (χ2n) is 6.13. The fourth-order valence-corrected chi connectivity index (χ4v) is 2.17. The molecule has 1 N–H and O–H groups in total. The Morgan fingerprint density at radius 2 is 1.83 bits per heavy atom. The van der Waals surface area contributed by atoms with Gasteiger partial charge in [0, 0.05) is 0 Å². The molecule has 126 valence electrons. The molecule has 1 amide bonds. The van der Waals surface area contributed by atoms with Gasteiger partial charge in [0.1, 0.15) is 5.75 Å². The molecule has 0 heterocycles. The second-order valence-corrected chi connectivity index (χ2v) is 6.13. The van der Waals surface area contributed by atoms with Crippen molar-refractivity contribution in [2.24, 2.45) is 5.10 Å². The smallest absolute Gasteiger partial charge is 0.280 e. The van der Waals surface area contributed by atoms with Gasteiger partial charge in [0.25, 0.3) is 5.91 Å². The molecule has 0 aromatic heterocycles. The number of rotatable bonds is 6. The van der Waals surface area contributed by atoms with Crippen LogP contribution in [0.2, 0.25) is 0 Å². The molecule has 0 fully saturated rings. The van der Waals surface area contributed by atoms with Gasteiger partial charge in [0.15, 0.2) is 6.10 Å². The van der Waals surface area contributed by atoms with Gasteiger partial charge >= 0.3 is 0 Å². The summed E-state index contributed by atoms with van der Waals surface area (Å²) in [6.45, 7) is 7.98. The topological polar surface area (TPSA) is 50.7 Å². The number of hydrazone groups is 1. The summed E-state index contributed by atoms with van der Waals surface area (Å²) in [5, 5.41) is 3.99. The van der Waals surface area contributed by atoms with E-state index in [1.54, 1.807) is 13.1 Å². The summed E-state index contributed by atoms with van der Waals surface area (Å²) >= 11 is 0. The van der Waals surface area contributed by atoms with Gasteiger partial charge in [0.2, 0.25) is 0 Å². The highest BCUT2D eigenvalue weighted by molar-refractivity contribution is 5.84. The number of ether oxygens (including phenoxy) is 1. The van der Waals surface area contributed by atoms with Crippen molar-refractivity contribution in [3.8, 4) is 5.75 Å². The minimum absolute atomic E-state index is 0.286. The Morgan fingerprint density at radius 1 is 1.12 bits per heavy atom. The summed E-state index contributed by atoms with van der Waals surface area (Å²) in [6.07, 6.45) is 1.01. The molecule has 4 nitrogen and oxygen atoms in total. The molecule has 2 rings (SSSR count). The van der Waals surface area contributed by atoms with E-state index in [0.29, 0.717) is 11.7 Å². The van der Waals surface area contributed by atoms with Crippen molar-refractivity contribution in [1.82, 2.24) is 5.43 Å². The Bertz CT molecular complexity index is 706. The third kappa shape index (κ3) is 5.23. The predicted octanol–water partition coefficient (Wildman–Crippen LogP) is 4.04. The van der Waals surface area contributed by atoms with E-state index >= 15 is 0 Å². The summed E-state index contributed by atoms with van der Waals surface area (Å²) < 4.78 is 5.62. The third-order valence-electron chi connectivity index (χ3n) is 3.66. The molecule has 24 heavy (non-hydrogen) atoms. The molecule has 0 aliphatic heterocycles. The fraction of sp³-hybridized carbons (Fsp3) is 0.300. The quantitative estimate of drug-likeness (QED) is 0.644. The van der Waals surface area contributed by atoms with E-state index in [4.69, 9.17) is 4.74 Å². The summed E-state index contributed by atoms with van der Waals surface area (Å²) in [7, 11) is 0. The summed E-state index contributed by atoms with van der Waals surface area (Å²) in [5.74, 6) is 0.882. The first-order valence-electron chi connectivity index (χ1n) is 8.12. The van der Waals surface area contributed by atoms with E-state index in [-0.39, 0.29) is 5.91 Å². The molecule has 1 atom stereocenters. The molecule has 0 saturated heterocycles. The highest BCUT2D eigenvalue weighted by atomic mass is 16.5. The van der Waals surface area contributed by atoms with Crippen LogP contribution >= 0.6 is 0 Å². The van der Waals surface area contributed by atoms with Crippen LogP contribution in [0.25, 0.3) is 0 Å². The lowest BCUT2D eigenvalue weighted by molar-refractivity contribution is -0.127. The van der Waals surface area contributed by atoms with Gasteiger partial charge in [-0.15, -0.1) is 0 Å². The summed E-state index contributed by atoms with van der Waals surface area (Å²) in [6, 6.07) is 15.7. The van der Waals surface area contributed by atoms with Crippen molar-refractivity contribution < 1.29 is 9.53 Å². The van der Waals surface area contributed by atoms with Crippen LogP contribution in [0.1, 0.15) is 43.4 Å². The zero-order chi connectivity index (χ0) is 17.5. The third-order valence-corrected chi connectivity index (χ3v) is 3.66. The van der Waals surface area contributed by atoms with Gasteiger partial charge < -0.3 is 4.74 Å². The number of amides is 1. The van der Waals surface area contributed by atoms with Crippen molar-refractivity contribution in [2.45, 2.75) is 39.7 Å². The lowest BCUT2D eigenvalue weighted by atomic mass is 10.0. The van der Waals surface area contributed by atoms with E-state index in [0.717, 1.165) is 11.1 Å². The monoisotopic (exact) mass is 324 g/mol. The normalized spacial score (nSPS) is 12.4. The molecular weight excluding hydrogens is 300 g/mol. The number of nitrogens with zero attached hydrogens (tertiary/aromatic N) is 1. The fourth-order valence-electron chi connectivity index (χ4n) is 2.17.